The molecule has 3 N–H and O–H groups in total. The highest BCUT2D eigenvalue weighted by molar-refractivity contribution is 5.99. The molecule has 0 spiro atoms. The molecule has 0 fully saturated rings. The monoisotopic (exact) mass is 648 g/mol. The van der Waals surface area contributed by atoms with Gasteiger partial charge < -0.3 is 30.3 Å². The lowest BCUT2D eigenvalue weighted by Crippen LogP contribution is -2.50. The third-order valence-corrected chi connectivity index (χ3v) is 8.02. The minimum atomic E-state index is -1.03. The molecule has 10 heteroatoms. The van der Waals surface area contributed by atoms with Gasteiger partial charge >= 0.3 is 0 Å². The molecule has 0 unspecified atom stereocenters. The van der Waals surface area contributed by atoms with Crippen LogP contribution < -0.4 is 25.4 Å². The lowest BCUT2D eigenvalue weighted by Gasteiger charge is -2.25. The molecule has 1 aliphatic heterocycles. The van der Waals surface area contributed by atoms with E-state index in [4.69, 9.17) is 9.47 Å². The third-order valence-electron chi connectivity index (χ3n) is 8.02. The molecule has 0 saturated carbocycles. The molecular formula is C38H40N4O6. The molecule has 1 heterocycles. The quantitative estimate of drug-likeness (QED) is 0.248. The lowest BCUT2D eigenvalue weighted by molar-refractivity contribution is -0.135. The van der Waals surface area contributed by atoms with E-state index in [0.29, 0.717) is 17.9 Å². The van der Waals surface area contributed by atoms with E-state index in [1.54, 1.807) is 31.3 Å². The lowest BCUT2D eigenvalue weighted by atomic mass is 10.0. The average molecular weight is 649 g/mol. The smallest absolute Gasteiger partial charge is 0.255 e. The fourth-order valence-electron chi connectivity index (χ4n) is 5.39. The maximum atomic E-state index is 13.4. The number of carbonyl (C=O) groups is 4. The van der Waals surface area contributed by atoms with E-state index >= 15 is 0 Å². The van der Waals surface area contributed by atoms with Crippen LogP contribution in [0.5, 0.6) is 11.5 Å². The first kappa shape index (κ1) is 33.7. The number of para-hydroxylation sites is 1. The second-order valence-electron chi connectivity index (χ2n) is 11.5. The van der Waals surface area contributed by atoms with Crippen molar-refractivity contribution in [2.45, 2.75) is 31.3 Å². The molecule has 4 amide bonds. The first-order valence-corrected chi connectivity index (χ1v) is 16.0. The van der Waals surface area contributed by atoms with Gasteiger partial charge in [0.2, 0.25) is 17.7 Å². The maximum absolute atomic E-state index is 13.4. The Hall–Kier alpha value is -5.64. The molecule has 5 rings (SSSR count). The Morgan fingerprint density at radius 2 is 1.52 bits per heavy atom. The van der Waals surface area contributed by atoms with E-state index in [1.165, 1.54) is 4.90 Å². The second kappa shape index (κ2) is 16.8. The van der Waals surface area contributed by atoms with Crippen LogP contribution in [0.2, 0.25) is 0 Å². The number of carbonyl (C=O) groups excluding carboxylic acids is 4. The number of likely N-dealkylation sites (N-methyl/N-ethyl adjacent to an activating group) is 1. The number of ether oxygens (including phenoxy) is 2. The van der Waals surface area contributed by atoms with Gasteiger partial charge in [0.25, 0.3) is 5.91 Å². The molecule has 1 aliphatic rings. The van der Waals surface area contributed by atoms with E-state index in [1.807, 2.05) is 84.9 Å². The highest BCUT2D eigenvalue weighted by atomic mass is 16.5. The highest BCUT2D eigenvalue weighted by Crippen LogP contribution is 2.22. The third kappa shape index (κ3) is 9.45. The number of rotatable bonds is 8. The number of fused-ring (bicyclic) bond motifs is 1. The zero-order valence-corrected chi connectivity index (χ0v) is 26.9. The van der Waals surface area contributed by atoms with Gasteiger partial charge in [-0.25, -0.2) is 0 Å². The summed E-state index contributed by atoms with van der Waals surface area (Å²) in [4.78, 5) is 54.9. The van der Waals surface area contributed by atoms with Crippen LogP contribution in [0.25, 0.3) is 11.1 Å². The Balaban J connectivity index is 1.25. The van der Waals surface area contributed by atoms with Crippen molar-refractivity contribution in [2.75, 3.05) is 33.4 Å². The van der Waals surface area contributed by atoms with Gasteiger partial charge in [-0.15, -0.1) is 0 Å². The number of hydrogen-bond acceptors (Lipinski definition) is 6. The van der Waals surface area contributed by atoms with E-state index in [9.17, 15) is 19.2 Å². The van der Waals surface area contributed by atoms with Gasteiger partial charge in [0.05, 0.1) is 18.7 Å². The summed E-state index contributed by atoms with van der Waals surface area (Å²) in [7, 11) is 1.65. The molecule has 4 aromatic carbocycles. The molecule has 248 valence electrons. The van der Waals surface area contributed by atoms with Crippen LogP contribution >= 0.6 is 0 Å². The zero-order valence-electron chi connectivity index (χ0n) is 26.9. The van der Waals surface area contributed by atoms with Crippen molar-refractivity contribution < 1.29 is 28.7 Å². The predicted octanol–water partition coefficient (Wildman–Crippen LogP) is 4.01. The molecule has 0 aromatic heterocycles. The molecule has 0 aliphatic carbocycles. The Kier molecular flexibility index (Phi) is 11.8. The standard InChI is InChI=1S/C38H40N4O6/c1-42-23-25-48-34-15-9-8-14-31(34)36(44)41-32(20-21-35(43)40-33(38(42)46)26-27-10-4-2-5-11-27)37(45)39-22-24-47-30-18-16-29(17-19-30)28-12-6-3-7-13-28/h2-19,32-33H,20-26H2,1H3,(H,39,45)(H,40,43)(H,41,44)/t32-,33+/m0/s1. The summed E-state index contributed by atoms with van der Waals surface area (Å²) in [6.45, 7) is 0.736. The minimum Gasteiger partial charge on any atom is -0.492 e. The summed E-state index contributed by atoms with van der Waals surface area (Å²) < 4.78 is 11.7. The summed E-state index contributed by atoms with van der Waals surface area (Å²) in [5.41, 5.74) is 3.31. The van der Waals surface area contributed by atoms with Crippen LogP contribution in [0.3, 0.4) is 0 Å². The summed E-state index contributed by atoms with van der Waals surface area (Å²) in [5, 5.41) is 8.45. The van der Waals surface area contributed by atoms with Gasteiger partial charge in [0.15, 0.2) is 0 Å². The van der Waals surface area contributed by atoms with Crippen LogP contribution in [-0.4, -0.2) is 74.0 Å². The van der Waals surface area contributed by atoms with Crippen LogP contribution in [-0.2, 0) is 20.8 Å². The van der Waals surface area contributed by atoms with Crippen molar-refractivity contribution in [3.63, 3.8) is 0 Å². The van der Waals surface area contributed by atoms with Gasteiger partial charge in [-0.1, -0.05) is 84.9 Å². The second-order valence-corrected chi connectivity index (χ2v) is 11.5. The summed E-state index contributed by atoms with van der Waals surface area (Å²) >= 11 is 0. The first-order chi connectivity index (χ1) is 23.4. The Labute approximate surface area is 280 Å². The molecule has 48 heavy (non-hydrogen) atoms. The highest BCUT2D eigenvalue weighted by Gasteiger charge is 2.28. The van der Waals surface area contributed by atoms with Gasteiger partial charge in [0.1, 0.15) is 36.8 Å². The predicted molar refractivity (Wildman–Crippen MR) is 183 cm³/mol. The zero-order chi connectivity index (χ0) is 33.7. The molecule has 0 radical (unpaired) electrons. The number of hydrogen-bond donors (Lipinski definition) is 3. The van der Waals surface area contributed by atoms with Gasteiger partial charge in [-0.05, 0) is 47.4 Å². The van der Waals surface area contributed by atoms with Crippen molar-refractivity contribution in [3.05, 3.63) is 120 Å². The summed E-state index contributed by atoms with van der Waals surface area (Å²) in [6, 6.07) is 32.0. The van der Waals surface area contributed by atoms with Gasteiger partial charge in [-0.3, -0.25) is 19.2 Å². The Morgan fingerprint density at radius 3 is 2.27 bits per heavy atom. The maximum Gasteiger partial charge on any atom is 0.255 e. The summed E-state index contributed by atoms with van der Waals surface area (Å²) in [5.74, 6) is -0.660. The largest absolute Gasteiger partial charge is 0.492 e. The van der Waals surface area contributed by atoms with Crippen molar-refractivity contribution in [2.24, 2.45) is 0 Å². The molecule has 0 saturated heterocycles. The van der Waals surface area contributed by atoms with Crippen molar-refractivity contribution in [1.29, 1.82) is 0 Å². The Bertz CT molecular complexity index is 1680. The SMILES string of the molecule is CN1CCOc2ccccc2C(=O)N[C@H](C(=O)NCCOc2ccc(-c3ccccc3)cc2)CCC(=O)N[C@H](Cc2ccccc2)C1=O. The molecule has 4 aromatic rings. The molecular weight excluding hydrogens is 608 g/mol. The summed E-state index contributed by atoms with van der Waals surface area (Å²) in [6.07, 6.45) is 0.217. The molecule has 2 atom stereocenters. The van der Waals surface area contributed by atoms with Crippen molar-refractivity contribution >= 4 is 23.6 Å². The Morgan fingerprint density at radius 1 is 0.854 bits per heavy atom. The number of benzene rings is 4. The fraction of sp³-hybridized carbons (Fsp3) is 0.263. The van der Waals surface area contributed by atoms with Crippen LogP contribution in [0.1, 0.15) is 28.8 Å². The first-order valence-electron chi connectivity index (χ1n) is 16.0. The average Bonchev–Trinajstić information content (AvgIpc) is 3.12. The van der Waals surface area contributed by atoms with Gasteiger partial charge in [-0.2, -0.15) is 0 Å². The van der Waals surface area contributed by atoms with Gasteiger partial charge in [0, 0.05) is 19.9 Å². The van der Waals surface area contributed by atoms with Crippen molar-refractivity contribution in [3.8, 4) is 22.6 Å². The van der Waals surface area contributed by atoms with Crippen LogP contribution in [0.15, 0.2) is 109 Å². The molecule has 10 nitrogen and oxygen atoms in total. The van der Waals surface area contributed by atoms with E-state index in [2.05, 4.69) is 16.0 Å². The number of nitrogens with zero attached hydrogens (tertiary/aromatic N) is 1. The van der Waals surface area contributed by atoms with E-state index < -0.39 is 29.8 Å². The van der Waals surface area contributed by atoms with E-state index in [0.717, 1.165) is 16.7 Å². The fourth-order valence-corrected chi connectivity index (χ4v) is 5.39. The van der Waals surface area contributed by atoms with Crippen LogP contribution in [0, 0.1) is 0 Å². The van der Waals surface area contributed by atoms with E-state index in [-0.39, 0.29) is 50.6 Å². The van der Waals surface area contributed by atoms with Crippen molar-refractivity contribution in [1.82, 2.24) is 20.9 Å². The number of amides is 4. The van der Waals surface area contributed by atoms with Crippen LogP contribution in [0.4, 0.5) is 0 Å². The minimum absolute atomic E-state index is 0.0102. The number of nitrogens with one attached hydrogen (secondary N) is 3. The molecule has 0 bridgehead atoms. The topological polar surface area (TPSA) is 126 Å². The normalized spacial score (nSPS) is 17.4.